The molecule has 2 atom stereocenters. The van der Waals surface area contributed by atoms with Crippen molar-refractivity contribution in [3.05, 3.63) is 0 Å². The van der Waals surface area contributed by atoms with Crippen molar-refractivity contribution >= 4 is 11.8 Å². The molecule has 2 N–H and O–H groups in total. The molecule has 2 amide bonds. The molecular weight excluding hydrogens is 340 g/mol. The summed E-state index contributed by atoms with van der Waals surface area (Å²) >= 11 is 0. The van der Waals surface area contributed by atoms with Gasteiger partial charge in [0.25, 0.3) is 0 Å². The van der Waals surface area contributed by atoms with E-state index in [1.807, 2.05) is 20.8 Å². The average molecular weight is 377 g/mol. The third-order valence-electron chi connectivity index (χ3n) is 7.13. The number of fused-ring (bicyclic) bond motifs is 5. The van der Waals surface area contributed by atoms with Gasteiger partial charge in [0.2, 0.25) is 11.8 Å². The highest BCUT2D eigenvalue weighted by Gasteiger charge is 2.46. The van der Waals surface area contributed by atoms with E-state index in [1.165, 1.54) is 38.5 Å². The first-order valence-corrected chi connectivity index (χ1v) is 10.8. The molecule has 0 radical (unpaired) electrons. The topological polar surface area (TPSA) is 64.7 Å². The normalized spacial score (nSPS) is 36.2. The van der Waals surface area contributed by atoms with Gasteiger partial charge in [-0.05, 0) is 71.6 Å². The quantitative estimate of drug-likeness (QED) is 0.763. The van der Waals surface area contributed by atoms with E-state index in [-0.39, 0.29) is 22.9 Å². The van der Waals surface area contributed by atoms with Crippen molar-refractivity contribution in [1.82, 2.24) is 20.4 Å². The minimum Gasteiger partial charge on any atom is -0.350 e. The number of hydrogen-bond acceptors (Lipinski definition) is 4. The summed E-state index contributed by atoms with van der Waals surface area (Å²) < 4.78 is 0. The van der Waals surface area contributed by atoms with Crippen LogP contribution in [0.2, 0.25) is 0 Å². The number of carbonyl (C=O) groups is 2. The lowest BCUT2D eigenvalue weighted by Crippen LogP contribution is -2.70. The van der Waals surface area contributed by atoms with Crippen molar-refractivity contribution in [3.8, 4) is 0 Å². The SMILES string of the molecule is CC(C)(C)NC(=O)CN1C2CC1CN(CC(=O)NC13CCC(CC1)CC3)C2. The minimum atomic E-state index is -0.182. The Morgan fingerprint density at radius 2 is 1.56 bits per heavy atom. The maximum absolute atomic E-state index is 12.7. The van der Waals surface area contributed by atoms with E-state index in [0.29, 0.717) is 25.2 Å². The Morgan fingerprint density at radius 3 is 2.11 bits per heavy atom. The molecule has 27 heavy (non-hydrogen) atoms. The van der Waals surface area contributed by atoms with Gasteiger partial charge in [0.05, 0.1) is 13.1 Å². The molecule has 6 rings (SSSR count). The summed E-state index contributed by atoms with van der Waals surface area (Å²) in [5.74, 6) is 1.23. The summed E-state index contributed by atoms with van der Waals surface area (Å²) in [5, 5.41) is 6.46. The molecule has 0 aromatic rings. The Morgan fingerprint density at radius 1 is 0.963 bits per heavy atom. The standard InChI is InChI=1S/C21H36N4O2/c1-20(2,3)22-19(27)14-25-16-10-17(25)12-24(11-16)13-18(26)23-21-7-4-15(5-8-21)6-9-21/h15-17H,4-14H2,1-3H3,(H,22,27)(H,23,26). The first-order chi connectivity index (χ1) is 12.7. The highest BCUT2D eigenvalue weighted by Crippen LogP contribution is 2.44. The van der Waals surface area contributed by atoms with Crippen LogP contribution < -0.4 is 10.6 Å². The lowest BCUT2D eigenvalue weighted by atomic mass is 9.66. The molecular formula is C21H36N4O2. The van der Waals surface area contributed by atoms with E-state index in [2.05, 4.69) is 20.4 Å². The van der Waals surface area contributed by atoms with E-state index in [0.717, 1.165) is 25.4 Å². The summed E-state index contributed by atoms with van der Waals surface area (Å²) in [6.07, 6.45) is 8.55. The van der Waals surface area contributed by atoms with E-state index < -0.39 is 0 Å². The molecule has 4 bridgehead atoms. The number of carbonyl (C=O) groups excluding carboxylic acids is 2. The van der Waals surface area contributed by atoms with Crippen LogP contribution in [0.1, 0.15) is 65.7 Å². The maximum Gasteiger partial charge on any atom is 0.234 e. The fourth-order valence-electron chi connectivity index (χ4n) is 5.76. The van der Waals surface area contributed by atoms with Gasteiger partial charge < -0.3 is 10.6 Å². The van der Waals surface area contributed by atoms with Crippen LogP contribution in [0.4, 0.5) is 0 Å². The molecule has 2 unspecified atom stereocenters. The smallest absolute Gasteiger partial charge is 0.234 e. The third-order valence-corrected chi connectivity index (χ3v) is 7.13. The van der Waals surface area contributed by atoms with Crippen molar-refractivity contribution in [1.29, 1.82) is 0 Å². The zero-order valence-electron chi connectivity index (χ0n) is 17.2. The second-order valence-electron chi connectivity index (χ2n) is 10.5. The molecule has 3 aliphatic carbocycles. The number of rotatable bonds is 5. The number of piperazine rings is 1. The van der Waals surface area contributed by atoms with Gasteiger partial charge in [0.1, 0.15) is 0 Å². The number of piperidine rings is 1. The predicted octanol–water partition coefficient (Wildman–Crippen LogP) is 1.50. The van der Waals surface area contributed by atoms with Crippen molar-refractivity contribution in [3.63, 3.8) is 0 Å². The van der Waals surface area contributed by atoms with Gasteiger partial charge in [-0.3, -0.25) is 19.4 Å². The monoisotopic (exact) mass is 376 g/mol. The van der Waals surface area contributed by atoms with Crippen LogP contribution in [-0.4, -0.2) is 71.0 Å². The number of nitrogens with zero attached hydrogens (tertiary/aromatic N) is 2. The summed E-state index contributed by atoms with van der Waals surface area (Å²) in [5.41, 5.74) is -0.0829. The van der Waals surface area contributed by atoms with Crippen molar-refractivity contribution < 1.29 is 9.59 Å². The molecule has 3 heterocycles. The Kier molecular flexibility index (Phi) is 5.00. The van der Waals surface area contributed by atoms with Crippen LogP contribution in [0.25, 0.3) is 0 Å². The Balaban J connectivity index is 1.23. The first-order valence-electron chi connectivity index (χ1n) is 10.8. The molecule has 6 aliphatic rings. The maximum atomic E-state index is 12.7. The summed E-state index contributed by atoms with van der Waals surface area (Å²) in [6, 6.07) is 0.844. The van der Waals surface area contributed by atoms with Crippen molar-refractivity contribution in [2.45, 2.75) is 88.9 Å². The Bertz CT molecular complexity index is 566. The molecule has 152 valence electrons. The van der Waals surface area contributed by atoms with Crippen LogP contribution in [0, 0.1) is 5.92 Å². The summed E-state index contributed by atoms with van der Waals surface area (Å²) in [4.78, 5) is 29.5. The van der Waals surface area contributed by atoms with Crippen molar-refractivity contribution in [2.75, 3.05) is 26.2 Å². The Labute approximate surface area is 163 Å². The molecule has 3 saturated heterocycles. The number of nitrogens with one attached hydrogen (secondary N) is 2. The number of hydrogen-bond donors (Lipinski definition) is 2. The van der Waals surface area contributed by atoms with Crippen LogP contribution in [0.5, 0.6) is 0 Å². The molecule has 6 heteroatoms. The Hall–Kier alpha value is -1.14. The molecule has 0 aromatic carbocycles. The highest BCUT2D eigenvalue weighted by molar-refractivity contribution is 5.79. The van der Waals surface area contributed by atoms with E-state index in [9.17, 15) is 9.59 Å². The van der Waals surface area contributed by atoms with Gasteiger partial charge in [-0.1, -0.05) is 0 Å². The fourth-order valence-corrected chi connectivity index (χ4v) is 5.76. The average Bonchev–Trinajstić information content (AvgIpc) is 2.59. The van der Waals surface area contributed by atoms with Crippen LogP contribution in [0.3, 0.4) is 0 Å². The van der Waals surface area contributed by atoms with Crippen LogP contribution >= 0.6 is 0 Å². The van der Waals surface area contributed by atoms with Crippen LogP contribution in [0.15, 0.2) is 0 Å². The highest BCUT2D eigenvalue weighted by atomic mass is 16.2. The molecule has 6 fully saturated rings. The van der Waals surface area contributed by atoms with Gasteiger partial charge in [0.15, 0.2) is 0 Å². The van der Waals surface area contributed by atoms with Crippen LogP contribution in [-0.2, 0) is 9.59 Å². The zero-order valence-corrected chi connectivity index (χ0v) is 17.2. The van der Waals surface area contributed by atoms with Gasteiger partial charge in [0, 0.05) is 36.3 Å². The van der Waals surface area contributed by atoms with Crippen molar-refractivity contribution in [2.24, 2.45) is 5.92 Å². The first kappa shape index (κ1) is 19.2. The second kappa shape index (κ2) is 7.03. The van der Waals surface area contributed by atoms with E-state index in [1.54, 1.807) is 0 Å². The van der Waals surface area contributed by atoms with Gasteiger partial charge in [-0.25, -0.2) is 0 Å². The van der Waals surface area contributed by atoms with E-state index >= 15 is 0 Å². The molecule has 0 aromatic heterocycles. The third kappa shape index (κ3) is 4.32. The van der Waals surface area contributed by atoms with E-state index in [4.69, 9.17) is 0 Å². The second-order valence-corrected chi connectivity index (χ2v) is 10.5. The molecule has 6 nitrogen and oxygen atoms in total. The lowest BCUT2D eigenvalue weighted by molar-refractivity contribution is -0.136. The molecule has 3 saturated carbocycles. The number of amides is 2. The van der Waals surface area contributed by atoms with Gasteiger partial charge >= 0.3 is 0 Å². The largest absolute Gasteiger partial charge is 0.350 e. The molecule has 3 aliphatic heterocycles. The van der Waals surface area contributed by atoms with Gasteiger partial charge in [-0.2, -0.15) is 0 Å². The molecule has 0 spiro atoms. The fraction of sp³-hybridized carbons (Fsp3) is 0.905. The predicted molar refractivity (Wildman–Crippen MR) is 105 cm³/mol. The minimum absolute atomic E-state index is 0.0988. The summed E-state index contributed by atoms with van der Waals surface area (Å²) in [6.45, 7) is 8.85. The summed E-state index contributed by atoms with van der Waals surface area (Å²) in [7, 11) is 0. The lowest BCUT2D eigenvalue weighted by Gasteiger charge is -2.56. The zero-order chi connectivity index (χ0) is 19.2. The van der Waals surface area contributed by atoms with Gasteiger partial charge in [-0.15, -0.1) is 0 Å².